The summed E-state index contributed by atoms with van der Waals surface area (Å²) < 4.78 is 14.2. The fraction of sp³-hybridized carbons (Fsp3) is 0.219. The number of carbonyl (C=O) groups excluding carboxylic acids is 1. The molecule has 0 aliphatic carbocycles. The van der Waals surface area contributed by atoms with Gasteiger partial charge in [-0.1, -0.05) is 59.3 Å². The van der Waals surface area contributed by atoms with Crippen LogP contribution in [0.3, 0.4) is 0 Å². The summed E-state index contributed by atoms with van der Waals surface area (Å²) in [5.41, 5.74) is 4.17. The predicted molar refractivity (Wildman–Crippen MR) is 171 cm³/mol. The molecule has 5 rings (SSSR count). The Hall–Kier alpha value is -3.66. The number of hydrogen-bond donors (Lipinski definition) is 0. The molecule has 0 fully saturated rings. The zero-order valence-corrected chi connectivity index (χ0v) is 26.7. The molecule has 1 aromatic heterocycles. The molecule has 1 atom stereocenters. The van der Waals surface area contributed by atoms with Gasteiger partial charge >= 0.3 is 5.97 Å². The van der Waals surface area contributed by atoms with E-state index in [2.05, 4.69) is 20.9 Å². The molecule has 0 amide bonds. The SMILES string of the molecule is CCOC(=O)C1=C(C)N=c2s/c(=C\c3ccc(OCc4ccccc4Cl)c(Br)c3)c(=O)n2[C@@H]1c1ccc(N(C)C)cc1. The molecule has 0 saturated heterocycles. The van der Waals surface area contributed by atoms with E-state index in [0.29, 0.717) is 38.0 Å². The fourth-order valence-electron chi connectivity index (χ4n) is 4.71. The number of rotatable bonds is 8. The number of allylic oxidation sites excluding steroid dienone is 1. The molecule has 7 nitrogen and oxygen atoms in total. The van der Waals surface area contributed by atoms with Gasteiger partial charge in [0.05, 0.1) is 32.9 Å². The number of halogens is 2. The highest BCUT2D eigenvalue weighted by Gasteiger charge is 2.33. The third-order valence-electron chi connectivity index (χ3n) is 6.84. The summed E-state index contributed by atoms with van der Waals surface area (Å²) >= 11 is 11.1. The third-order valence-corrected chi connectivity index (χ3v) is 8.81. The van der Waals surface area contributed by atoms with E-state index in [1.165, 1.54) is 11.3 Å². The minimum absolute atomic E-state index is 0.222. The van der Waals surface area contributed by atoms with Crippen LogP contribution in [-0.2, 0) is 16.1 Å². The largest absolute Gasteiger partial charge is 0.488 e. The van der Waals surface area contributed by atoms with Gasteiger partial charge in [0.15, 0.2) is 4.80 Å². The van der Waals surface area contributed by atoms with Crippen molar-refractivity contribution in [3.8, 4) is 5.75 Å². The topological polar surface area (TPSA) is 73.1 Å². The molecule has 10 heteroatoms. The maximum atomic E-state index is 13.9. The molecule has 0 saturated carbocycles. The lowest BCUT2D eigenvalue weighted by Crippen LogP contribution is -2.39. The van der Waals surface area contributed by atoms with Crippen molar-refractivity contribution in [1.82, 2.24) is 4.57 Å². The van der Waals surface area contributed by atoms with E-state index in [1.54, 1.807) is 18.4 Å². The molecular formula is C32H29BrClN3O4S. The maximum absolute atomic E-state index is 13.9. The number of thiazole rings is 1. The van der Waals surface area contributed by atoms with Crippen LogP contribution in [0.4, 0.5) is 5.69 Å². The summed E-state index contributed by atoms with van der Waals surface area (Å²) in [5, 5.41) is 0.647. The first-order chi connectivity index (χ1) is 20.2. The van der Waals surface area contributed by atoms with Crippen molar-refractivity contribution in [2.24, 2.45) is 4.99 Å². The molecule has 216 valence electrons. The lowest BCUT2D eigenvalue weighted by atomic mass is 9.95. The molecule has 0 unspecified atom stereocenters. The molecule has 0 spiro atoms. The highest BCUT2D eigenvalue weighted by Crippen LogP contribution is 2.32. The van der Waals surface area contributed by atoms with Crippen LogP contribution in [0.2, 0.25) is 5.02 Å². The Morgan fingerprint density at radius 3 is 2.55 bits per heavy atom. The van der Waals surface area contributed by atoms with Gasteiger partial charge in [-0.25, -0.2) is 9.79 Å². The number of anilines is 1. The van der Waals surface area contributed by atoms with Gasteiger partial charge in [0.25, 0.3) is 5.56 Å². The van der Waals surface area contributed by atoms with E-state index >= 15 is 0 Å². The number of carbonyl (C=O) groups is 1. The average molecular weight is 667 g/mol. The van der Waals surface area contributed by atoms with Crippen LogP contribution in [-0.4, -0.2) is 31.2 Å². The first-order valence-corrected chi connectivity index (χ1v) is 15.3. The van der Waals surface area contributed by atoms with Crippen LogP contribution < -0.4 is 24.5 Å². The number of nitrogens with zero attached hydrogens (tertiary/aromatic N) is 3. The molecule has 1 aliphatic rings. The van der Waals surface area contributed by atoms with Gasteiger partial charge in [-0.2, -0.15) is 0 Å². The second-order valence-electron chi connectivity index (χ2n) is 9.86. The van der Waals surface area contributed by atoms with Gasteiger partial charge < -0.3 is 14.4 Å². The molecule has 2 heterocycles. The Labute approximate surface area is 261 Å². The van der Waals surface area contributed by atoms with E-state index in [1.807, 2.05) is 91.8 Å². The molecule has 0 bridgehead atoms. The summed E-state index contributed by atoms with van der Waals surface area (Å²) in [6, 6.07) is 20.3. The van der Waals surface area contributed by atoms with Gasteiger partial charge in [-0.3, -0.25) is 9.36 Å². The Kier molecular flexibility index (Phi) is 9.01. The van der Waals surface area contributed by atoms with Gasteiger partial charge in [-0.15, -0.1) is 0 Å². The van der Waals surface area contributed by atoms with Crippen LogP contribution in [0, 0.1) is 0 Å². The van der Waals surface area contributed by atoms with Crippen molar-refractivity contribution in [1.29, 1.82) is 0 Å². The molecule has 3 aromatic carbocycles. The standard InChI is InChI=1S/C32H29BrClN3O4S/c1-5-40-31(39)28-19(2)35-32-37(29(28)21-11-13-23(14-12-21)36(3)4)30(38)27(42-32)17-20-10-15-26(24(33)16-20)41-18-22-8-6-7-9-25(22)34/h6-17,29H,5,18H2,1-4H3/b27-17-/t29-/m1/s1. The third kappa shape index (κ3) is 6.09. The number of hydrogen-bond acceptors (Lipinski definition) is 7. The normalized spacial score (nSPS) is 14.8. The quantitative estimate of drug-likeness (QED) is 0.221. The van der Waals surface area contributed by atoms with E-state index in [0.717, 1.165) is 26.9 Å². The molecule has 0 radical (unpaired) electrons. The minimum Gasteiger partial charge on any atom is -0.488 e. The number of aromatic nitrogens is 1. The van der Waals surface area contributed by atoms with E-state index in [9.17, 15) is 9.59 Å². The van der Waals surface area contributed by atoms with Crippen LogP contribution in [0.15, 0.2) is 92.3 Å². The van der Waals surface area contributed by atoms with E-state index < -0.39 is 12.0 Å². The zero-order valence-electron chi connectivity index (χ0n) is 23.6. The zero-order chi connectivity index (χ0) is 30.0. The molecule has 0 N–H and O–H groups in total. The van der Waals surface area contributed by atoms with Gasteiger partial charge in [0.1, 0.15) is 12.4 Å². The summed E-state index contributed by atoms with van der Waals surface area (Å²) in [4.78, 5) is 34.2. The fourth-order valence-corrected chi connectivity index (χ4v) is 6.46. The first kappa shape index (κ1) is 29.8. The summed E-state index contributed by atoms with van der Waals surface area (Å²) in [5.74, 6) is 0.176. The van der Waals surface area contributed by atoms with Crippen LogP contribution >= 0.6 is 38.9 Å². The number of ether oxygens (including phenoxy) is 2. The Morgan fingerprint density at radius 2 is 1.88 bits per heavy atom. The highest BCUT2D eigenvalue weighted by molar-refractivity contribution is 9.10. The van der Waals surface area contributed by atoms with Crippen molar-refractivity contribution < 1.29 is 14.3 Å². The summed E-state index contributed by atoms with van der Waals surface area (Å²) in [6.45, 7) is 4.09. The lowest BCUT2D eigenvalue weighted by molar-refractivity contribution is -0.139. The van der Waals surface area contributed by atoms with Crippen LogP contribution in [0.5, 0.6) is 5.75 Å². The highest BCUT2D eigenvalue weighted by atomic mass is 79.9. The summed E-state index contributed by atoms with van der Waals surface area (Å²) in [6.07, 6.45) is 1.82. The van der Waals surface area contributed by atoms with Gasteiger partial charge in [-0.05, 0) is 77.3 Å². The average Bonchev–Trinajstić information content (AvgIpc) is 3.26. The smallest absolute Gasteiger partial charge is 0.338 e. The van der Waals surface area contributed by atoms with Crippen molar-refractivity contribution >= 4 is 56.6 Å². The molecule has 4 aromatic rings. The second kappa shape index (κ2) is 12.7. The first-order valence-electron chi connectivity index (χ1n) is 13.3. The van der Waals surface area contributed by atoms with Crippen molar-refractivity contribution in [3.05, 3.63) is 124 Å². The molecule has 42 heavy (non-hydrogen) atoms. The van der Waals surface area contributed by atoms with Crippen LogP contribution in [0.1, 0.15) is 36.6 Å². The Morgan fingerprint density at radius 1 is 1.14 bits per heavy atom. The van der Waals surface area contributed by atoms with Gasteiger partial charge in [0.2, 0.25) is 0 Å². The lowest BCUT2D eigenvalue weighted by Gasteiger charge is -2.25. The Bertz CT molecular complexity index is 1860. The Balaban J connectivity index is 1.53. The van der Waals surface area contributed by atoms with Gasteiger partial charge in [0, 0.05) is 30.4 Å². The molecular weight excluding hydrogens is 638 g/mol. The van der Waals surface area contributed by atoms with Crippen molar-refractivity contribution in [2.45, 2.75) is 26.5 Å². The number of esters is 1. The van der Waals surface area contributed by atoms with Crippen molar-refractivity contribution in [2.75, 3.05) is 25.6 Å². The maximum Gasteiger partial charge on any atom is 0.338 e. The number of fused-ring (bicyclic) bond motifs is 1. The van der Waals surface area contributed by atoms with E-state index in [-0.39, 0.29) is 12.2 Å². The molecule has 1 aliphatic heterocycles. The van der Waals surface area contributed by atoms with Crippen LogP contribution in [0.25, 0.3) is 6.08 Å². The van der Waals surface area contributed by atoms with E-state index in [4.69, 9.17) is 21.1 Å². The number of benzene rings is 3. The minimum atomic E-state index is -0.661. The van der Waals surface area contributed by atoms with Crippen molar-refractivity contribution in [3.63, 3.8) is 0 Å². The predicted octanol–water partition coefficient (Wildman–Crippen LogP) is 5.86. The summed E-state index contributed by atoms with van der Waals surface area (Å²) in [7, 11) is 3.92. The monoisotopic (exact) mass is 665 g/mol. The second-order valence-corrected chi connectivity index (χ2v) is 12.1.